The Kier molecular flexibility index (Phi) is 4.08. The first-order valence-corrected chi connectivity index (χ1v) is 8.35. The molecule has 126 valence electrons. The summed E-state index contributed by atoms with van der Waals surface area (Å²) in [5.74, 6) is 0.953. The van der Waals surface area contributed by atoms with Gasteiger partial charge >= 0.3 is 0 Å². The maximum Gasteiger partial charge on any atom is 0.277 e. The van der Waals surface area contributed by atoms with Gasteiger partial charge < -0.3 is 4.74 Å². The average Bonchev–Trinajstić information content (AvgIpc) is 2.91. The van der Waals surface area contributed by atoms with Gasteiger partial charge in [-0.15, -0.1) is 0 Å². The first-order chi connectivity index (χ1) is 11.4. The lowest BCUT2D eigenvalue weighted by Crippen LogP contribution is -2.35. The van der Waals surface area contributed by atoms with Gasteiger partial charge in [-0.05, 0) is 54.9 Å². The smallest absolute Gasteiger partial charge is 0.277 e. The van der Waals surface area contributed by atoms with Crippen molar-refractivity contribution in [2.24, 2.45) is 21.8 Å². The molecule has 0 spiro atoms. The molecular formula is C19H23N3O2. The Hall–Kier alpha value is -2.35. The highest BCUT2D eigenvalue weighted by Crippen LogP contribution is 2.63. The fourth-order valence-corrected chi connectivity index (χ4v) is 4.03. The molecule has 5 nitrogen and oxygen atoms in total. The van der Waals surface area contributed by atoms with Crippen molar-refractivity contribution in [3.63, 3.8) is 0 Å². The Labute approximate surface area is 142 Å². The van der Waals surface area contributed by atoms with Crippen LogP contribution in [-0.4, -0.2) is 18.2 Å². The van der Waals surface area contributed by atoms with E-state index in [0.29, 0.717) is 17.2 Å². The molecule has 2 atom stereocenters. The summed E-state index contributed by atoms with van der Waals surface area (Å²) in [6, 6.07) is 8.71. The maximum absolute atomic E-state index is 12.0. The topological polar surface area (TPSA) is 74.5 Å². The molecule has 5 heteroatoms. The van der Waals surface area contributed by atoms with Gasteiger partial charge in [0.05, 0.1) is 11.6 Å². The number of hydrazone groups is 1. The number of amides is 1. The zero-order valence-electron chi connectivity index (χ0n) is 14.4. The van der Waals surface area contributed by atoms with Crippen molar-refractivity contribution in [2.75, 3.05) is 6.61 Å². The van der Waals surface area contributed by atoms with E-state index in [2.05, 4.69) is 31.3 Å². The third kappa shape index (κ3) is 2.66. The fourth-order valence-electron chi connectivity index (χ4n) is 4.03. The Bertz CT molecular complexity index is 715. The molecule has 0 heterocycles. The highest BCUT2D eigenvalue weighted by Gasteiger charge is 2.59. The predicted octanol–water partition coefficient (Wildman–Crippen LogP) is 3.26. The van der Waals surface area contributed by atoms with Gasteiger partial charge in [-0.3, -0.25) is 4.79 Å². The van der Waals surface area contributed by atoms with Gasteiger partial charge in [-0.1, -0.05) is 20.8 Å². The number of fused-ring (bicyclic) bond motifs is 2. The second-order valence-corrected chi connectivity index (χ2v) is 7.51. The van der Waals surface area contributed by atoms with Crippen molar-refractivity contribution in [1.29, 1.82) is 5.26 Å². The van der Waals surface area contributed by atoms with Crippen LogP contribution in [-0.2, 0) is 4.79 Å². The summed E-state index contributed by atoms with van der Waals surface area (Å²) in [5, 5.41) is 13.2. The van der Waals surface area contributed by atoms with E-state index in [-0.39, 0.29) is 23.3 Å². The second-order valence-electron chi connectivity index (χ2n) is 7.51. The van der Waals surface area contributed by atoms with Gasteiger partial charge in [-0.25, -0.2) is 5.43 Å². The number of nitrogens with zero attached hydrogens (tertiary/aromatic N) is 2. The zero-order chi connectivity index (χ0) is 17.4. The highest BCUT2D eigenvalue weighted by atomic mass is 16.5. The molecule has 0 aliphatic heterocycles. The van der Waals surface area contributed by atoms with Crippen molar-refractivity contribution >= 4 is 11.6 Å². The SMILES string of the molecule is CC1(C)[C@@H]2CC[C@]1(C)/C(=N/NC(=O)COc1ccc(C#N)cc1)C2. The molecule has 0 radical (unpaired) electrons. The van der Waals surface area contributed by atoms with Crippen LogP contribution in [0.25, 0.3) is 0 Å². The van der Waals surface area contributed by atoms with Crippen molar-refractivity contribution in [3.8, 4) is 11.8 Å². The van der Waals surface area contributed by atoms with Crippen molar-refractivity contribution in [1.82, 2.24) is 5.43 Å². The minimum absolute atomic E-state index is 0.0823. The van der Waals surface area contributed by atoms with E-state index in [9.17, 15) is 4.79 Å². The summed E-state index contributed by atoms with van der Waals surface area (Å²) in [7, 11) is 0. The van der Waals surface area contributed by atoms with Gasteiger partial charge in [0.1, 0.15) is 5.75 Å². The minimum atomic E-state index is -0.268. The molecule has 2 fully saturated rings. The lowest BCUT2D eigenvalue weighted by molar-refractivity contribution is -0.123. The number of hydrogen-bond donors (Lipinski definition) is 1. The third-order valence-electron chi connectivity index (χ3n) is 6.18. The molecule has 24 heavy (non-hydrogen) atoms. The molecule has 1 aromatic carbocycles. The van der Waals surface area contributed by atoms with Crippen LogP contribution in [0, 0.1) is 28.1 Å². The number of rotatable bonds is 4. The van der Waals surface area contributed by atoms with Gasteiger partial charge in [0.2, 0.25) is 0 Å². The number of carbonyl (C=O) groups is 1. The van der Waals surface area contributed by atoms with Crippen molar-refractivity contribution in [3.05, 3.63) is 29.8 Å². The van der Waals surface area contributed by atoms with E-state index >= 15 is 0 Å². The highest BCUT2D eigenvalue weighted by molar-refractivity contribution is 5.95. The number of nitrogens with one attached hydrogen (secondary N) is 1. The summed E-state index contributed by atoms with van der Waals surface area (Å²) >= 11 is 0. The van der Waals surface area contributed by atoms with E-state index < -0.39 is 0 Å². The molecule has 2 bridgehead atoms. The predicted molar refractivity (Wildman–Crippen MR) is 91.5 cm³/mol. The van der Waals surface area contributed by atoms with E-state index in [0.717, 1.165) is 18.6 Å². The summed E-state index contributed by atoms with van der Waals surface area (Å²) in [6.45, 7) is 6.79. The lowest BCUT2D eigenvalue weighted by Gasteiger charge is -2.34. The number of ether oxygens (including phenoxy) is 1. The molecule has 1 N–H and O–H groups in total. The molecular weight excluding hydrogens is 302 g/mol. The van der Waals surface area contributed by atoms with Crippen LogP contribution < -0.4 is 10.2 Å². The number of hydrogen-bond acceptors (Lipinski definition) is 4. The van der Waals surface area contributed by atoms with Gasteiger partial charge in [0.25, 0.3) is 5.91 Å². The van der Waals surface area contributed by atoms with E-state index in [1.54, 1.807) is 24.3 Å². The largest absolute Gasteiger partial charge is 0.484 e. The third-order valence-corrected chi connectivity index (χ3v) is 6.18. The standard InChI is InChI=1S/C19H23N3O2/c1-18(2)14-8-9-19(18,3)16(10-14)21-22-17(23)12-24-15-6-4-13(11-20)5-7-15/h4-7,14H,8-10,12H2,1-3H3,(H,22,23)/b21-16+/t14-,19-/m1/s1. The number of benzene rings is 1. The lowest BCUT2D eigenvalue weighted by atomic mass is 9.70. The first kappa shape index (κ1) is 16.5. The van der Waals surface area contributed by atoms with Crippen LogP contribution in [0.2, 0.25) is 0 Å². The summed E-state index contributed by atoms with van der Waals surface area (Å²) in [6.07, 6.45) is 3.36. The quantitative estimate of drug-likeness (QED) is 0.863. The molecule has 2 aliphatic carbocycles. The normalized spacial score (nSPS) is 28.6. The Morgan fingerprint density at radius 3 is 2.62 bits per heavy atom. The van der Waals surface area contributed by atoms with Gasteiger partial charge in [-0.2, -0.15) is 10.4 Å². The Balaban J connectivity index is 1.55. The molecule has 0 unspecified atom stereocenters. The molecule has 2 aliphatic rings. The summed E-state index contributed by atoms with van der Waals surface area (Å²) < 4.78 is 5.42. The van der Waals surface area contributed by atoms with Crippen molar-refractivity contribution < 1.29 is 9.53 Å². The van der Waals surface area contributed by atoms with E-state index in [1.165, 1.54) is 6.42 Å². The van der Waals surface area contributed by atoms with Crippen LogP contribution in [0.4, 0.5) is 0 Å². The van der Waals surface area contributed by atoms with Crippen LogP contribution in [0.3, 0.4) is 0 Å². The van der Waals surface area contributed by atoms with Gasteiger partial charge in [0, 0.05) is 11.1 Å². The number of carbonyl (C=O) groups excluding carboxylic acids is 1. The molecule has 2 saturated carbocycles. The Morgan fingerprint density at radius 1 is 1.38 bits per heavy atom. The number of nitriles is 1. The summed E-state index contributed by atoms with van der Waals surface area (Å²) in [5.41, 5.74) is 4.63. The van der Waals surface area contributed by atoms with Gasteiger partial charge in [0.15, 0.2) is 6.61 Å². The van der Waals surface area contributed by atoms with E-state index in [1.807, 2.05) is 6.07 Å². The zero-order valence-corrected chi connectivity index (χ0v) is 14.4. The van der Waals surface area contributed by atoms with Crippen LogP contribution in [0.15, 0.2) is 29.4 Å². The fraction of sp³-hybridized carbons (Fsp3) is 0.526. The summed E-state index contributed by atoms with van der Waals surface area (Å²) in [4.78, 5) is 12.0. The second kappa shape index (κ2) is 5.94. The van der Waals surface area contributed by atoms with Crippen LogP contribution in [0.1, 0.15) is 45.6 Å². The minimum Gasteiger partial charge on any atom is -0.484 e. The Morgan fingerprint density at radius 2 is 2.08 bits per heavy atom. The monoisotopic (exact) mass is 325 g/mol. The molecule has 1 amide bonds. The van der Waals surface area contributed by atoms with Crippen LogP contribution >= 0.6 is 0 Å². The van der Waals surface area contributed by atoms with Crippen molar-refractivity contribution in [2.45, 2.75) is 40.0 Å². The molecule has 3 rings (SSSR count). The maximum atomic E-state index is 12.0. The van der Waals surface area contributed by atoms with Crippen LogP contribution in [0.5, 0.6) is 5.75 Å². The van der Waals surface area contributed by atoms with E-state index in [4.69, 9.17) is 10.00 Å². The first-order valence-electron chi connectivity index (χ1n) is 8.35. The molecule has 1 aromatic rings. The average molecular weight is 325 g/mol. The molecule has 0 saturated heterocycles. The molecule has 0 aromatic heterocycles.